The quantitative estimate of drug-likeness (QED) is 0.225. The zero-order valence-electron chi connectivity index (χ0n) is 13.5. The Kier molecular flexibility index (Phi) is 11.5. The van der Waals surface area contributed by atoms with Gasteiger partial charge in [0.25, 0.3) is 0 Å². The molecule has 0 saturated carbocycles. The highest BCUT2D eigenvalue weighted by molar-refractivity contribution is 7.81. The van der Waals surface area contributed by atoms with E-state index in [-0.39, 0.29) is 5.75 Å². The molecule has 0 rings (SSSR count). The van der Waals surface area contributed by atoms with Gasteiger partial charge in [0.05, 0.1) is 23.0 Å². The number of rotatable bonds is 10. The first kappa shape index (κ1) is 24.3. The van der Waals surface area contributed by atoms with Crippen LogP contribution in [0.3, 0.4) is 0 Å². The Balaban J connectivity index is 6.10. The Morgan fingerprint density at radius 2 is 1.04 bits per heavy atom. The third-order valence-electron chi connectivity index (χ3n) is 2.50. The molecule has 0 aliphatic rings. The molecule has 144 valence electrons. The third-order valence-corrected chi connectivity index (χ3v) is 3.53. The number of hydrogen-bond acceptors (Lipinski definition) is 12. The Hall–Kier alpha value is -0.720. The molecule has 1 unspecified atom stereocenters. The molecular weight excluding hydrogens is 412 g/mol. The first-order valence-corrected chi connectivity index (χ1v) is 9.47. The highest BCUT2D eigenvalue weighted by Gasteiger charge is 2.55. The summed E-state index contributed by atoms with van der Waals surface area (Å²) in [5.74, 6) is -8.50. The van der Waals surface area contributed by atoms with Crippen LogP contribution in [0.15, 0.2) is 0 Å². The SMILES string of the molecule is CC(C)C(OC(=O)CS)C(OC(=O)CS)(OC(=O)CS)OC(=O)CS. The van der Waals surface area contributed by atoms with Crippen LogP contribution in [0, 0.1) is 5.92 Å². The molecule has 8 nitrogen and oxygen atoms in total. The second-order valence-corrected chi connectivity index (χ2v) is 6.08. The predicted molar refractivity (Wildman–Crippen MR) is 101 cm³/mol. The van der Waals surface area contributed by atoms with Crippen molar-refractivity contribution in [1.82, 2.24) is 0 Å². The van der Waals surface area contributed by atoms with Gasteiger partial charge in [0.2, 0.25) is 6.10 Å². The van der Waals surface area contributed by atoms with E-state index in [0.29, 0.717) is 0 Å². The predicted octanol–water partition coefficient (Wildman–Crippen LogP) is 0.557. The van der Waals surface area contributed by atoms with Crippen LogP contribution in [0.1, 0.15) is 13.8 Å². The lowest BCUT2D eigenvalue weighted by atomic mass is 10.0. The van der Waals surface area contributed by atoms with E-state index in [1.807, 2.05) is 0 Å². The van der Waals surface area contributed by atoms with E-state index in [9.17, 15) is 19.2 Å². The fourth-order valence-corrected chi connectivity index (χ4v) is 1.87. The van der Waals surface area contributed by atoms with Crippen molar-refractivity contribution in [2.45, 2.75) is 25.9 Å². The van der Waals surface area contributed by atoms with Gasteiger partial charge in [0.1, 0.15) is 0 Å². The monoisotopic (exact) mass is 432 g/mol. The molecule has 0 fully saturated rings. The second kappa shape index (κ2) is 11.8. The van der Waals surface area contributed by atoms with Crippen molar-refractivity contribution in [3.05, 3.63) is 0 Å². The summed E-state index contributed by atoms with van der Waals surface area (Å²) in [6, 6.07) is 0. The van der Waals surface area contributed by atoms with E-state index in [1.165, 1.54) is 0 Å². The molecule has 0 aliphatic heterocycles. The molecule has 12 heteroatoms. The molecule has 0 saturated heterocycles. The molecule has 0 aromatic heterocycles. The Bertz CT molecular complexity index is 451. The molecular formula is C13H20O8S4. The fourth-order valence-electron chi connectivity index (χ4n) is 1.60. The average Bonchev–Trinajstić information content (AvgIpc) is 2.58. The van der Waals surface area contributed by atoms with E-state index in [0.717, 1.165) is 0 Å². The Labute approximate surface area is 167 Å². The minimum absolute atomic E-state index is 0.305. The van der Waals surface area contributed by atoms with Gasteiger partial charge in [-0.3, -0.25) is 19.2 Å². The van der Waals surface area contributed by atoms with Crippen LogP contribution in [0.2, 0.25) is 0 Å². The standard InChI is InChI=1S/C13H20O8S4/c1-7(2)12(18-8(14)3-22)13(19-9(15)4-23,20-10(16)5-24)21-11(17)6-25/h7,12,22-25H,3-6H2,1-2H3. The first-order chi connectivity index (χ1) is 11.6. The largest absolute Gasteiger partial charge is 0.463 e. The van der Waals surface area contributed by atoms with Crippen molar-refractivity contribution < 1.29 is 38.1 Å². The molecule has 0 aromatic rings. The first-order valence-electron chi connectivity index (χ1n) is 6.94. The number of ether oxygens (including phenoxy) is 4. The zero-order valence-corrected chi connectivity index (χ0v) is 17.1. The van der Waals surface area contributed by atoms with Crippen molar-refractivity contribution >= 4 is 74.4 Å². The van der Waals surface area contributed by atoms with E-state index < -0.39 is 59.1 Å². The van der Waals surface area contributed by atoms with Crippen LogP contribution in [-0.2, 0) is 38.1 Å². The van der Waals surface area contributed by atoms with Gasteiger partial charge < -0.3 is 18.9 Å². The number of thiol groups is 4. The molecule has 0 N–H and O–H groups in total. The number of hydrogen-bond donors (Lipinski definition) is 4. The van der Waals surface area contributed by atoms with Crippen molar-refractivity contribution in [1.29, 1.82) is 0 Å². The highest BCUT2D eigenvalue weighted by atomic mass is 32.1. The third kappa shape index (κ3) is 8.01. The van der Waals surface area contributed by atoms with Gasteiger partial charge in [-0.05, 0) is 0 Å². The minimum atomic E-state index is -2.63. The van der Waals surface area contributed by atoms with E-state index in [1.54, 1.807) is 13.8 Å². The fraction of sp³-hybridized carbons (Fsp3) is 0.692. The summed E-state index contributed by atoms with van der Waals surface area (Å²) in [5, 5.41) is 0. The summed E-state index contributed by atoms with van der Waals surface area (Å²) in [6.45, 7) is 3.14. The number of carbonyl (C=O) groups excluding carboxylic acids is 4. The molecule has 0 aromatic carbocycles. The van der Waals surface area contributed by atoms with Gasteiger partial charge in [-0.25, -0.2) is 0 Å². The van der Waals surface area contributed by atoms with Gasteiger partial charge in [-0.15, -0.1) is 0 Å². The van der Waals surface area contributed by atoms with Crippen LogP contribution in [0.25, 0.3) is 0 Å². The summed E-state index contributed by atoms with van der Waals surface area (Å²) in [7, 11) is 0. The molecule has 1 atom stereocenters. The second-order valence-electron chi connectivity index (χ2n) is 4.81. The van der Waals surface area contributed by atoms with Crippen molar-refractivity contribution in [3.8, 4) is 0 Å². The van der Waals surface area contributed by atoms with Gasteiger partial charge in [-0.1, -0.05) is 13.8 Å². The summed E-state index contributed by atoms with van der Waals surface area (Å²) in [4.78, 5) is 47.0. The van der Waals surface area contributed by atoms with Crippen molar-refractivity contribution in [2.75, 3.05) is 23.0 Å². The lowest BCUT2D eigenvalue weighted by Crippen LogP contribution is -2.57. The van der Waals surface area contributed by atoms with Crippen LogP contribution in [0.4, 0.5) is 0 Å². The van der Waals surface area contributed by atoms with E-state index in [2.05, 4.69) is 50.5 Å². The van der Waals surface area contributed by atoms with Crippen molar-refractivity contribution in [3.63, 3.8) is 0 Å². The zero-order chi connectivity index (χ0) is 19.6. The van der Waals surface area contributed by atoms with Crippen molar-refractivity contribution in [2.24, 2.45) is 5.92 Å². The van der Waals surface area contributed by atoms with Gasteiger partial charge in [0, 0.05) is 5.92 Å². The maximum absolute atomic E-state index is 11.8. The summed E-state index contributed by atoms with van der Waals surface area (Å²) in [6.07, 6.45) is -1.45. The molecule has 0 radical (unpaired) electrons. The van der Waals surface area contributed by atoms with Gasteiger partial charge in [0.15, 0.2) is 0 Å². The minimum Gasteiger partial charge on any atom is -0.449 e. The Morgan fingerprint density at radius 1 is 0.720 bits per heavy atom. The Morgan fingerprint density at radius 3 is 1.28 bits per heavy atom. The maximum Gasteiger partial charge on any atom is 0.463 e. The molecule has 0 bridgehead atoms. The number of esters is 4. The highest BCUT2D eigenvalue weighted by Crippen LogP contribution is 2.30. The number of carbonyl (C=O) groups is 4. The van der Waals surface area contributed by atoms with Crippen LogP contribution < -0.4 is 0 Å². The molecule has 25 heavy (non-hydrogen) atoms. The molecule has 0 amide bonds. The van der Waals surface area contributed by atoms with E-state index >= 15 is 0 Å². The molecule has 0 spiro atoms. The smallest absolute Gasteiger partial charge is 0.449 e. The summed E-state index contributed by atoms with van der Waals surface area (Å²) < 4.78 is 20.2. The normalized spacial score (nSPS) is 12.3. The molecule has 0 heterocycles. The van der Waals surface area contributed by atoms with Crippen LogP contribution in [0.5, 0.6) is 0 Å². The van der Waals surface area contributed by atoms with E-state index in [4.69, 9.17) is 18.9 Å². The van der Waals surface area contributed by atoms with Crippen LogP contribution in [-0.4, -0.2) is 59.0 Å². The summed E-state index contributed by atoms with van der Waals surface area (Å²) >= 11 is 15.1. The topological polar surface area (TPSA) is 105 Å². The lowest BCUT2D eigenvalue weighted by Gasteiger charge is -2.37. The van der Waals surface area contributed by atoms with Gasteiger partial charge in [-0.2, -0.15) is 50.5 Å². The average molecular weight is 433 g/mol. The maximum atomic E-state index is 11.8. The van der Waals surface area contributed by atoms with Crippen LogP contribution >= 0.6 is 50.5 Å². The van der Waals surface area contributed by atoms with Gasteiger partial charge >= 0.3 is 29.9 Å². The summed E-state index contributed by atoms with van der Waals surface area (Å²) in [5.41, 5.74) is 0. The lowest BCUT2D eigenvalue weighted by molar-refractivity contribution is -0.367. The molecule has 0 aliphatic carbocycles.